The molecule has 0 aliphatic heterocycles. The molecular weight excluding hydrogens is 260 g/mol. The molecule has 3 nitrogen and oxygen atoms in total. The fraction of sp³-hybridized carbons (Fsp3) is 0.333. The first-order valence-corrected chi connectivity index (χ1v) is 6.64. The van der Waals surface area contributed by atoms with Crippen LogP contribution in [0.1, 0.15) is 36.5 Å². The number of hydrogen-bond acceptors (Lipinski definition) is 3. The Kier molecular flexibility index (Phi) is 4.05. The lowest BCUT2D eigenvalue weighted by atomic mass is 10.0. The summed E-state index contributed by atoms with van der Waals surface area (Å²) >= 11 is 5.93. The van der Waals surface area contributed by atoms with Crippen LogP contribution in [-0.2, 0) is 0 Å². The van der Waals surface area contributed by atoms with E-state index in [0.717, 1.165) is 16.9 Å². The molecule has 0 radical (unpaired) electrons. The van der Waals surface area contributed by atoms with Crippen LogP contribution in [0.25, 0.3) is 0 Å². The zero-order valence-electron chi connectivity index (χ0n) is 11.6. The molecule has 4 heteroatoms. The molecule has 0 saturated heterocycles. The van der Waals surface area contributed by atoms with Crippen LogP contribution in [0, 0.1) is 13.8 Å². The van der Waals surface area contributed by atoms with Crippen LogP contribution in [0.15, 0.2) is 24.3 Å². The molecule has 0 atom stereocenters. The van der Waals surface area contributed by atoms with Crippen molar-refractivity contribution < 1.29 is 4.74 Å². The van der Waals surface area contributed by atoms with Crippen LogP contribution < -0.4 is 4.74 Å². The average molecular weight is 277 g/mol. The summed E-state index contributed by atoms with van der Waals surface area (Å²) in [4.78, 5) is 0. The molecule has 1 aromatic heterocycles. The zero-order chi connectivity index (χ0) is 14.0. The molecular formula is C15H17ClN2O. The summed E-state index contributed by atoms with van der Waals surface area (Å²) in [5, 5.41) is 8.31. The highest BCUT2D eigenvalue weighted by Gasteiger charge is 2.10. The van der Waals surface area contributed by atoms with Crippen molar-refractivity contribution in [1.29, 1.82) is 0 Å². The van der Waals surface area contributed by atoms with Gasteiger partial charge in [0.25, 0.3) is 0 Å². The second-order valence-electron chi connectivity index (χ2n) is 4.88. The Hall–Kier alpha value is -1.61. The fourth-order valence-electron chi connectivity index (χ4n) is 1.70. The van der Waals surface area contributed by atoms with Crippen molar-refractivity contribution in [3.05, 3.63) is 46.1 Å². The van der Waals surface area contributed by atoms with Crippen LogP contribution in [0.5, 0.6) is 11.6 Å². The van der Waals surface area contributed by atoms with Gasteiger partial charge >= 0.3 is 0 Å². The van der Waals surface area contributed by atoms with Gasteiger partial charge < -0.3 is 4.74 Å². The van der Waals surface area contributed by atoms with Gasteiger partial charge in [-0.05, 0) is 43.0 Å². The molecule has 0 fully saturated rings. The molecule has 100 valence electrons. The summed E-state index contributed by atoms with van der Waals surface area (Å²) in [6.45, 7) is 8.13. The van der Waals surface area contributed by atoms with Crippen molar-refractivity contribution in [3.63, 3.8) is 0 Å². The van der Waals surface area contributed by atoms with Crippen LogP contribution in [0.3, 0.4) is 0 Å². The first-order valence-electron chi connectivity index (χ1n) is 6.26. The summed E-state index contributed by atoms with van der Waals surface area (Å²) in [5.74, 6) is 1.73. The average Bonchev–Trinajstić information content (AvgIpc) is 2.40. The van der Waals surface area contributed by atoms with E-state index in [1.807, 2.05) is 32.0 Å². The number of halogens is 1. The van der Waals surface area contributed by atoms with E-state index in [0.29, 0.717) is 17.0 Å². The van der Waals surface area contributed by atoms with Gasteiger partial charge in [-0.25, -0.2) is 0 Å². The maximum Gasteiger partial charge on any atom is 0.242 e. The van der Waals surface area contributed by atoms with Crippen molar-refractivity contribution >= 4 is 11.6 Å². The molecule has 0 aliphatic rings. The van der Waals surface area contributed by atoms with E-state index < -0.39 is 0 Å². The Bertz CT molecular complexity index is 597. The predicted octanol–water partition coefficient (Wildman–Crippen LogP) is 4.66. The van der Waals surface area contributed by atoms with Crippen molar-refractivity contribution in [2.75, 3.05) is 0 Å². The summed E-state index contributed by atoms with van der Waals surface area (Å²) in [6, 6.07) is 8.01. The van der Waals surface area contributed by atoms with Crippen LogP contribution >= 0.6 is 11.6 Å². The van der Waals surface area contributed by atoms with E-state index in [-0.39, 0.29) is 0 Å². The largest absolute Gasteiger partial charge is 0.437 e. The second-order valence-corrected chi connectivity index (χ2v) is 5.23. The summed E-state index contributed by atoms with van der Waals surface area (Å²) in [5.41, 5.74) is 3.04. The smallest absolute Gasteiger partial charge is 0.242 e. The van der Waals surface area contributed by atoms with Crippen LogP contribution in [0.4, 0.5) is 0 Å². The molecule has 0 unspecified atom stereocenters. The number of nitrogens with zero attached hydrogens (tertiary/aromatic N) is 2. The molecule has 19 heavy (non-hydrogen) atoms. The number of rotatable bonds is 3. The molecule has 2 aromatic rings. The molecule has 0 aliphatic carbocycles. The van der Waals surface area contributed by atoms with Crippen molar-refractivity contribution in [1.82, 2.24) is 10.2 Å². The predicted molar refractivity (Wildman–Crippen MR) is 77.1 cm³/mol. The van der Waals surface area contributed by atoms with Gasteiger partial charge in [-0.3, -0.25) is 0 Å². The minimum absolute atomic E-state index is 0.417. The first kappa shape index (κ1) is 13.8. The Morgan fingerprint density at radius 2 is 1.84 bits per heavy atom. The zero-order valence-corrected chi connectivity index (χ0v) is 12.3. The maximum atomic E-state index is 5.93. The van der Waals surface area contributed by atoms with Gasteiger partial charge in [-0.15, -0.1) is 10.2 Å². The summed E-state index contributed by atoms with van der Waals surface area (Å²) in [6.07, 6.45) is 0. The standard InChI is InChI=1S/C15H17ClN2O/c1-9(2)12-6-5-7-13(8-12)19-15-11(4)10(3)14(16)17-18-15/h5-9H,1-4H3. The Morgan fingerprint density at radius 3 is 2.53 bits per heavy atom. The minimum atomic E-state index is 0.417. The number of hydrogen-bond donors (Lipinski definition) is 0. The molecule has 0 spiro atoms. The lowest BCUT2D eigenvalue weighted by Gasteiger charge is -2.11. The maximum absolute atomic E-state index is 5.93. The first-order chi connectivity index (χ1) is 8.99. The van der Waals surface area contributed by atoms with E-state index in [9.17, 15) is 0 Å². The number of benzene rings is 1. The third kappa shape index (κ3) is 3.04. The Balaban J connectivity index is 2.31. The van der Waals surface area contributed by atoms with Gasteiger partial charge in [-0.2, -0.15) is 0 Å². The monoisotopic (exact) mass is 276 g/mol. The quantitative estimate of drug-likeness (QED) is 0.818. The number of aromatic nitrogens is 2. The third-order valence-corrected chi connectivity index (χ3v) is 3.52. The highest BCUT2D eigenvalue weighted by molar-refractivity contribution is 6.30. The van der Waals surface area contributed by atoms with Crippen molar-refractivity contribution in [2.45, 2.75) is 33.6 Å². The van der Waals surface area contributed by atoms with E-state index in [1.54, 1.807) is 0 Å². The highest BCUT2D eigenvalue weighted by atomic mass is 35.5. The lowest BCUT2D eigenvalue weighted by molar-refractivity contribution is 0.449. The van der Waals surface area contributed by atoms with Crippen LogP contribution in [0.2, 0.25) is 5.15 Å². The Morgan fingerprint density at radius 1 is 1.11 bits per heavy atom. The van der Waals surface area contributed by atoms with Gasteiger partial charge in [0.2, 0.25) is 5.88 Å². The number of ether oxygens (including phenoxy) is 1. The topological polar surface area (TPSA) is 35.0 Å². The molecule has 1 aromatic carbocycles. The van der Waals surface area contributed by atoms with Gasteiger partial charge in [-0.1, -0.05) is 37.6 Å². The molecule has 1 heterocycles. The molecule has 0 N–H and O–H groups in total. The molecule has 2 rings (SSSR count). The van der Waals surface area contributed by atoms with Gasteiger partial charge in [0, 0.05) is 5.56 Å². The Labute approximate surface area is 118 Å². The molecule has 0 amide bonds. The third-order valence-electron chi connectivity index (χ3n) is 3.16. The summed E-state index contributed by atoms with van der Waals surface area (Å²) < 4.78 is 5.80. The fourth-order valence-corrected chi connectivity index (χ4v) is 1.88. The second kappa shape index (κ2) is 5.57. The molecule has 0 saturated carbocycles. The van der Waals surface area contributed by atoms with Gasteiger partial charge in [0.15, 0.2) is 5.15 Å². The normalized spacial score (nSPS) is 10.8. The van der Waals surface area contributed by atoms with E-state index >= 15 is 0 Å². The van der Waals surface area contributed by atoms with Gasteiger partial charge in [0.05, 0.1) is 0 Å². The van der Waals surface area contributed by atoms with Crippen LogP contribution in [-0.4, -0.2) is 10.2 Å². The molecule has 0 bridgehead atoms. The lowest BCUT2D eigenvalue weighted by Crippen LogP contribution is -1.98. The van der Waals surface area contributed by atoms with E-state index in [4.69, 9.17) is 16.3 Å². The van der Waals surface area contributed by atoms with E-state index in [2.05, 4.69) is 30.1 Å². The minimum Gasteiger partial charge on any atom is -0.437 e. The van der Waals surface area contributed by atoms with E-state index in [1.165, 1.54) is 5.56 Å². The summed E-state index contributed by atoms with van der Waals surface area (Å²) in [7, 11) is 0. The highest BCUT2D eigenvalue weighted by Crippen LogP contribution is 2.28. The van der Waals surface area contributed by atoms with Crippen molar-refractivity contribution in [2.24, 2.45) is 0 Å². The van der Waals surface area contributed by atoms with Gasteiger partial charge in [0.1, 0.15) is 5.75 Å². The van der Waals surface area contributed by atoms with Crippen molar-refractivity contribution in [3.8, 4) is 11.6 Å². The SMILES string of the molecule is Cc1c(Cl)nnc(Oc2cccc(C(C)C)c2)c1C.